The second-order valence-electron chi connectivity index (χ2n) is 9.77. The molecule has 1 saturated carbocycles. The largest absolute Gasteiger partial charge is 0.497 e. The van der Waals surface area contributed by atoms with Crippen molar-refractivity contribution in [3.8, 4) is 5.75 Å². The van der Waals surface area contributed by atoms with Gasteiger partial charge < -0.3 is 14.2 Å². The van der Waals surface area contributed by atoms with Gasteiger partial charge in [0.1, 0.15) is 5.75 Å². The third kappa shape index (κ3) is 3.72. The van der Waals surface area contributed by atoms with E-state index in [1.807, 2.05) is 13.2 Å². The Morgan fingerprint density at radius 1 is 1.00 bits per heavy atom. The number of hydrogen-bond donors (Lipinski definition) is 0. The Hall–Kier alpha value is -2.04. The fourth-order valence-corrected chi connectivity index (χ4v) is 6.49. The lowest BCUT2D eigenvalue weighted by atomic mass is 9.49. The molecule has 32 heavy (non-hydrogen) atoms. The fourth-order valence-electron chi connectivity index (χ4n) is 6.49. The van der Waals surface area contributed by atoms with Gasteiger partial charge in [-0.3, -0.25) is 0 Å². The van der Waals surface area contributed by atoms with E-state index in [2.05, 4.69) is 42.5 Å². The molecule has 0 unspecified atom stereocenters. The molecule has 3 aliphatic rings. The molecule has 0 saturated heterocycles. The first kappa shape index (κ1) is 21.8. The minimum Gasteiger partial charge on any atom is -0.497 e. The quantitative estimate of drug-likeness (QED) is 0.321. The zero-order valence-electron chi connectivity index (χ0n) is 19.4. The van der Waals surface area contributed by atoms with E-state index in [-0.39, 0.29) is 16.8 Å². The van der Waals surface area contributed by atoms with Crippen LogP contribution in [0, 0.1) is 0 Å². The minimum absolute atomic E-state index is 0.0113. The van der Waals surface area contributed by atoms with Crippen LogP contribution in [0.3, 0.4) is 0 Å². The van der Waals surface area contributed by atoms with Crippen LogP contribution in [-0.2, 0) is 27.9 Å². The van der Waals surface area contributed by atoms with Crippen molar-refractivity contribution in [2.24, 2.45) is 0 Å². The molecule has 3 nitrogen and oxygen atoms in total. The van der Waals surface area contributed by atoms with Gasteiger partial charge in [-0.25, -0.2) is 0 Å². The maximum atomic E-state index is 7.00. The van der Waals surface area contributed by atoms with E-state index in [4.69, 9.17) is 22.1 Å². The van der Waals surface area contributed by atoms with Crippen molar-refractivity contribution in [3.05, 3.63) is 76.4 Å². The first-order valence-corrected chi connectivity index (χ1v) is 11.9. The Kier molecular flexibility index (Phi) is 5.94. The van der Waals surface area contributed by atoms with Crippen LogP contribution in [0.4, 0.5) is 0 Å². The van der Waals surface area contributed by atoms with E-state index in [0.717, 1.165) is 57.3 Å². The molecular formula is C28H33BO3. The Morgan fingerprint density at radius 2 is 1.84 bits per heavy atom. The maximum absolute atomic E-state index is 7.00. The van der Waals surface area contributed by atoms with Crippen molar-refractivity contribution >= 4 is 7.85 Å². The van der Waals surface area contributed by atoms with Gasteiger partial charge in [0.25, 0.3) is 0 Å². The van der Waals surface area contributed by atoms with E-state index in [1.165, 1.54) is 22.3 Å². The molecule has 2 radical (unpaired) electrons. The van der Waals surface area contributed by atoms with E-state index in [1.54, 1.807) is 12.7 Å². The predicted molar refractivity (Wildman–Crippen MR) is 128 cm³/mol. The maximum Gasteiger partial charge on any atom is 0.119 e. The molecule has 5 rings (SSSR count). The number of hydrogen-bond acceptors (Lipinski definition) is 3. The Bertz CT molecular complexity index is 1000. The number of ether oxygens (including phenoxy) is 3. The number of benzene rings is 2. The highest BCUT2D eigenvalue weighted by atomic mass is 16.5. The molecule has 3 aliphatic carbocycles. The Labute approximate surface area is 193 Å². The van der Waals surface area contributed by atoms with Gasteiger partial charge in [-0.15, -0.1) is 0 Å². The van der Waals surface area contributed by atoms with Gasteiger partial charge in [0.05, 0.1) is 27.7 Å². The van der Waals surface area contributed by atoms with Crippen molar-refractivity contribution in [2.75, 3.05) is 20.8 Å². The molecule has 0 aliphatic heterocycles. The lowest BCUT2D eigenvalue weighted by Gasteiger charge is -2.50. The highest BCUT2D eigenvalue weighted by Gasteiger charge is 2.51. The lowest BCUT2D eigenvalue weighted by Crippen LogP contribution is -2.40. The smallest absolute Gasteiger partial charge is 0.119 e. The van der Waals surface area contributed by atoms with Crippen LogP contribution in [0.25, 0.3) is 0 Å². The summed E-state index contributed by atoms with van der Waals surface area (Å²) in [5.41, 5.74) is 7.16. The molecule has 0 aromatic heterocycles. The van der Waals surface area contributed by atoms with Crippen LogP contribution in [0.1, 0.15) is 55.2 Å². The van der Waals surface area contributed by atoms with Gasteiger partial charge >= 0.3 is 0 Å². The van der Waals surface area contributed by atoms with Crippen LogP contribution < -0.4 is 4.74 Å². The molecule has 0 bridgehead atoms. The molecular weight excluding hydrogens is 395 g/mol. The Morgan fingerprint density at radius 3 is 2.62 bits per heavy atom. The topological polar surface area (TPSA) is 27.7 Å². The average molecular weight is 428 g/mol. The summed E-state index contributed by atoms with van der Waals surface area (Å²) in [5.74, 6) is 0.944. The van der Waals surface area contributed by atoms with Crippen molar-refractivity contribution in [1.29, 1.82) is 0 Å². The molecule has 0 spiro atoms. The molecule has 3 atom stereocenters. The summed E-state index contributed by atoms with van der Waals surface area (Å²) >= 11 is 0. The third-order valence-electron chi connectivity index (χ3n) is 8.15. The molecule has 4 heteroatoms. The molecule has 2 aromatic carbocycles. The summed E-state index contributed by atoms with van der Waals surface area (Å²) in [4.78, 5) is 0. The highest BCUT2D eigenvalue weighted by molar-refractivity contribution is 6.18. The number of aryl methyl sites for hydroxylation is 1. The first-order chi connectivity index (χ1) is 15.6. The number of allylic oxidation sites excluding steroid dienone is 1. The summed E-state index contributed by atoms with van der Waals surface area (Å²) in [7, 11) is 10.6. The van der Waals surface area contributed by atoms with Gasteiger partial charge in [0.2, 0.25) is 0 Å². The van der Waals surface area contributed by atoms with Crippen LogP contribution in [0.15, 0.2) is 59.7 Å². The van der Waals surface area contributed by atoms with Crippen LogP contribution in [0.2, 0.25) is 5.31 Å². The fraction of sp³-hybridized carbons (Fsp3) is 0.500. The minimum atomic E-state index is -0.200. The van der Waals surface area contributed by atoms with Gasteiger partial charge in [0.15, 0.2) is 0 Å². The zero-order valence-corrected chi connectivity index (χ0v) is 19.4. The van der Waals surface area contributed by atoms with E-state index in [0.29, 0.717) is 6.61 Å². The van der Waals surface area contributed by atoms with Crippen molar-refractivity contribution < 1.29 is 14.2 Å². The summed E-state index contributed by atoms with van der Waals surface area (Å²) in [6.07, 6.45) is 7.35. The summed E-state index contributed by atoms with van der Waals surface area (Å²) in [6.45, 7) is 1.40. The third-order valence-corrected chi connectivity index (χ3v) is 8.15. The Balaban J connectivity index is 1.48. The van der Waals surface area contributed by atoms with Crippen LogP contribution >= 0.6 is 0 Å². The average Bonchev–Trinajstić information content (AvgIpc) is 3.19. The van der Waals surface area contributed by atoms with E-state index in [9.17, 15) is 0 Å². The second-order valence-corrected chi connectivity index (χ2v) is 9.77. The van der Waals surface area contributed by atoms with Gasteiger partial charge in [-0.05, 0) is 72.7 Å². The van der Waals surface area contributed by atoms with E-state index >= 15 is 0 Å². The molecule has 166 valence electrons. The highest BCUT2D eigenvalue weighted by Crippen LogP contribution is 2.63. The predicted octanol–water partition coefficient (Wildman–Crippen LogP) is 5.71. The SMILES string of the molecule is [B][C@@]12CC[C@]3(CCOCc4ccccc4)C(=C1C[C@H](OC)C2)CCc1cc(OC)ccc13. The monoisotopic (exact) mass is 428 g/mol. The molecule has 2 aromatic rings. The number of fused-ring (bicyclic) bond motifs is 4. The molecule has 0 heterocycles. The number of rotatable bonds is 7. The summed E-state index contributed by atoms with van der Waals surface area (Å²) < 4.78 is 17.5. The molecule has 1 fully saturated rings. The van der Waals surface area contributed by atoms with Crippen molar-refractivity contribution in [1.82, 2.24) is 0 Å². The summed E-state index contributed by atoms with van der Waals surface area (Å²) in [6, 6.07) is 17.1. The molecule has 0 amide bonds. The standard InChI is InChI=1S/C28H33BO3/c1-30-22-9-11-24-21(16-22)8-10-25-26-17-23(31-2)18-28(26,29)13-12-27(24,25)14-15-32-19-20-6-4-3-5-7-20/h3-7,9,11,16,23H,8,10,12-15,17-19H2,1-2H3/t23-,27+,28+/m0/s1. The van der Waals surface area contributed by atoms with E-state index < -0.39 is 0 Å². The van der Waals surface area contributed by atoms with Gasteiger partial charge in [-0.2, -0.15) is 0 Å². The molecule has 0 N–H and O–H groups in total. The van der Waals surface area contributed by atoms with Gasteiger partial charge in [-0.1, -0.05) is 54.0 Å². The summed E-state index contributed by atoms with van der Waals surface area (Å²) in [5, 5.41) is -0.200. The first-order valence-electron chi connectivity index (χ1n) is 11.9. The van der Waals surface area contributed by atoms with Crippen molar-refractivity contribution in [2.45, 2.75) is 68.4 Å². The van der Waals surface area contributed by atoms with Gasteiger partial charge in [0, 0.05) is 19.1 Å². The van der Waals surface area contributed by atoms with Crippen molar-refractivity contribution in [3.63, 3.8) is 0 Å². The lowest BCUT2D eigenvalue weighted by molar-refractivity contribution is 0.0990. The van der Waals surface area contributed by atoms with Crippen LogP contribution in [-0.4, -0.2) is 34.8 Å². The normalized spacial score (nSPS) is 28.8. The van der Waals surface area contributed by atoms with Crippen LogP contribution in [0.5, 0.6) is 5.75 Å². The zero-order chi connectivity index (χ0) is 22.2. The second kappa shape index (κ2) is 8.72. The number of methoxy groups -OCH3 is 2.